The molecule has 3 heteroatoms. The van der Waals surface area contributed by atoms with Crippen LogP contribution < -0.4 is 0 Å². The molecule has 0 radical (unpaired) electrons. The molecule has 0 spiro atoms. The first kappa shape index (κ1) is 15.6. The molecule has 110 valence electrons. The maximum Gasteiger partial charge on any atom is 0.307 e. The molecular weight excluding hydrogens is 280 g/mol. The monoisotopic (exact) mass is 300 g/mol. The standard InChI is InChI=1S/C18H20O2S/c1-2-20-18(19)13-17(16-11-7-4-8-12-16)21-14-15-9-5-3-6-10-15/h3-12,17H,2,13-14H2,1H3. The zero-order chi connectivity index (χ0) is 14.9. The fraction of sp³-hybridized carbons (Fsp3) is 0.278. The summed E-state index contributed by atoms with van der Waals surface area (Å²) in [6, 6.07) is 20.5. The lowest BCUT2D eigenvalue weighted by atomic mass is 10.1. The third kappa shape index (κ3) is 5.27. The molecule has 1 unspecified atom stereocenters. The second-order valence-corrected chi connectivity index (χ2v) is 5.90. The van der Waals surface area contributed by atoms with Gasteiger partial charge in [0.1, 0.15) is 0 Å². The average Bonchev–Trinajstić information content (AvgIpc) is 2.53. The van der Waals surface area contributed by atoms with Gasteiger partial charge in [-0.05, 0) is 18.1 Å². The Morgan fingerprint density at radius 1 is 1.05 bits per heavy atom. The van der Waals surface area contributed by atoms with Gasteiger partial charge in [0, 0.05) is 11.0 Å². The highest BCUT2D eigenvalue weighted by Gasteiger charge is 2.17. The van der Waals surface area contributed by atoms with Crippen molar-refractivity contribution < 1.29 is 9.53 Å². The SMILES string of the molecule is CCOC(=O)CC(SCc1ccccc1)c1ccccc1. The molecule has 0 aromatic heterocycles. The van der Waals surface area contributed by atoms with Crippen molar-refractivity contribution in [2.45, 2.75) is 24.3 Å². The van der Waals surface area contributed by atoms with E-state index in [2.05, 4.69) is 24.3 Å². The van der Waals surface area contributed by atoms with Crippen molar-refractivity contribution in [3.63, 3.8) is 0 Å². The van der Waals surface area contributed by atoms with E-state index in [1.54, 1.807) is 11.8 Å². The maximum absolute atomic E-state index is 11.8. The number of ether oxygens (including phenoxy) is 1. The van der Waals surface area contributed by atoms with E-state index in [0.29, 0.717) is 13.0 Å². The lowest BCUT2D eigenvalue weighted by Crippen LogP contribution is -2.08. The first-order chi connectivity index (χ1) is 10.3. The molecule has 0 aliphatic carbocycles. The highest BCUT2D eigenvalue weighted by Crippen LogP contribution is 2.34. The van der Waals surface area contributed by atoms with Gasteiger partial charge in [0.25, 0.3) is 0 Å². The lowest BCUT2D eigenvalue weighted by Gasteiger charge is -2.16. The minimum Gasteiger partial charge on any atom is -0.466 e. The van der Waals surface area contributed by atoms with Crippen LogP contribution in [0.5, 0.6) is 0 Å². The van der Waals surface area contributed by atoms with Gasteiger partial charge in [0.15, 0.2) is 0 Å². The number of hydrogen-bond donors (Lipinski definition) is 0. The number of benzene rings is 2. The first-order valence-corrected chi connectivity index (χ1v) is 8.20. The fourth-order valence-electron chi connectivity index (χ4n) is 2.08. The van der Waals surface area contributed by atoms with Crippen molar-refractivity contribution in [3.05, 3.63) is 71.8 Å². The minimum absolute atomic E-state index is 0.130. The van der Waals surface area contributed by atoms with E-state index in [0.717, 1.165) is 5.75 Å². The van der Waals surface area contributed by atoms with Gasteiger partial charge in [-0.3, -0.25) is 4.79 Å². The number of carbonyl (C=O) groups excluding carboxylic acids is 1. The van der Waals surface area contributed by atoms with Crippen molar-refractivity contribution in [2.75, 3.05) is 6.61 Å². The molecule has 0 N–H and O–H groups in total. The summed E-state index contributed by atoms with van der Waals surface area (Å²) in [7, 11) is 0. The Balaban J connectivity index is 2.03. The van der Waals surface area contributed by atoms with Gasteiger partial charge in [-0.25, -0.2) is 0 Å². The molecule has 0 fully saturated rings. The Morgan fingerprint density at radius 2 is 1.67 bits per heavy atom. The van der Waals surface area contributed by atoms with Crippen molar-refractivity contribution in [3.8, 4) is 0 Å². The van der Waals surface area contributed by atoms with E-state index in [-0.39, 0.29) is 11.2 Å². The molecule has 0 heterocycles. The van der Waals surface area contributed by atoms with Gasteiger partial charge in [-0.1, -0.05) is 60.7 Å². The fourth-order valence-corrected chi connectivity index (χ4v) is 3.27. The quantitative estimate of drug-likeness (QED) is 0.698. The van der Waals surface area contributed by atoms with Crippen LogP contribution >= 0.6 is 11.8 Å². The number of rotatable bonds is 7. The molecule has 21 heavy (non-hydrogen) atoms. The van der Waals surface area contributed by atoms with E-state index in [9.17, 15) is 4.79 Å². The third-order valence-electron chi connectivity index (χ3n) is 3.12. The second-order valence-electron chi connectivity index (χ2n) is 4.71. The molecule has 2 nitrogen and oxygen atoms in total. The molecule has 2 rings (SSSR count). The zero-order valence-corrected chi connectivity index (χ0v) is 13.0. The second kappa shape index (κ2) is 8.53. The maximum atomic E-state index is 11.8. The molecule has 0 aliphatic heterocycles. The van der Waals surface area contributed by atoms with Gasteiger partial charge in [-0.15, -0.1) is 11.8 Å². The summed E-state index contributed by atoms with van der Waals surface area (Å²) in [5, 5.41) is 0.130. The van der Waals surface area contributed by atoms with E-state index in [4.69, 9.17) is 4.74 Å². The number of thioether (sulfide) groups is 1. The minimum atomic E-state index is -0.132. The Bertz CT molecular complexity index is 540. The van der Waals surface area contributed by atoms with Crippen LogP contribution in [0.15, 0.2) is 60.7 Å². The molecule has 0 saturated heterocycles. The third-order valence-corrected chi connectivity index (χ3v) is 4.46. The predicted molar refractivity (Wildman–Crippen MR) is 88.2 cm³/mol. The Labute approximate surface area is 130 Å². The van der Waals surface area contributed by atoms with Gasteiger partial charge in [-0.2, -0.15) is 0 Å². The zero-order valence-electron chi connectivity index (χ0n) is 12.2. The van der Waals surface area contributed by atoms with Gasteiger partial charge < -0.3 is 4.74 Å². The van der Waals surface area contributed by atoms with Crippen LogP contribution in [0.1, 0.15) is 29.7 Å². The molecule has 1 atom stereocenters. The summed E-state index contributed by atoms with van der Waals surface area (Å²) in [4.78, 5) is 11.8. The largest absolute Gasteiger partial charge is 0.466 e. The lowest BCUT2D eigenvalue weighted by molar-refractivity contribution is -0.143. The molecule has 0 amide bonds. The van der Waals surface area contributed by atoms with Crippen molar-refractivity contribution >= 4 is 17.7 Å². The van der Waals surface area contributed by atoms with E-state index >= 15 is 0 Å². The van der Waals surface area contributed by atoms with Gasteiger partial charge in [0.2, 0.25) is 0 Å². The van der Waals surface area contributed by atoms with Crippen LogP contribution in [-0.4, -0.2) is 12.6 Å². The number of carbonyl (C=O) groups is 1. The van der Waals surface area contributed by atoms with Gasteiger partial charge >= 0.3 is 5.97 Å². The summed E-state index contributed by atoms with van der Waals surface area (Å²) >= 11 is 1.78. The number of hydrogen-bond acceptors (Lipinski definition) is 3. The smallest absolute Gasteiger partial charge is 0.307 e. The van der Waals surface area contributed by atoms with E-state index in [1.807, 2.05) is 43.3 Å². The molecule has 0 bridgehead atoms. The van der Waals surface area contributed by atoms with Crippen LogP contribution in [0, 0.1) is 0 Å². The Hall–Kier alpha value is -1.74. The van der Waals surface area contributed by atoms with E-state index < -0.39 is 0 Å². The average molecular weight is 300 g/mol. The summed E-state index contributed by atoms with van der Waals surface area (Å²) in [5.74, 6) is 0.756. The van der Waals surface area contributed by atoms with Crippen LogP contribution in [0.4, 0.5) is 0 Å². The highest BCUT2D eigenvalue weighted by atomic mass is 32.2. The van der Waals surface area contributed by atoms with Crippen molar-refractivity contribution in [1.29, 1.82) is 0 Å². The number of esters is 1. The van der Waals surface area contributed by atoms with Gasteiger partial charge in [0.05, 0.1) is 13.0 Å². The normalized spacial score (nSPS) is 11.9. The molecule has 2 aromatic carbocycles. The molecular formula is C18H20O2S. The van der Waals surface area contributed by atoms with Crippen LogP contribution in [-0.2, 0) is 15.3 Å². The summed E-state index contributed by atoms with van der Waals surface area (Å²) in [6.45, 7) is 2.27. The topological polar surface area (TPSA) is 26.3 Å². The molecule has 0 aliphatic rings. The van der Waals surface area contributed by atoms with Crippen molar-refractivity contribution in [2.24, 2.45) is 0 Å². The highest BCUT2D eigenvalue weighted by molar-refractivity contribution is 7.98. The first-order valence-electron chi connectivity index (χ1n) is 7.15. The molecule has 2 aromatic rings. The van der Waals surface area contributed by atoms with Crippen LogP contribution in [0.25, 0.3) is 0 Å². The Morgan fingerprint density at radius 3 is 2.29 bits per heavy atom. The van der Waals surface area contributed by atoms with Crippen LogP contribution in [0.2, 0.25) is 0 Å². The van der Waals surface area contributed by atoms with E-state index in [1.165, 1.54) is 11.1 Å². The Kier molecular flexibility index (Phi) is 6.35. The molecule has 0 saturated carbocycles. The summed E-state index contributed by atoms with van der Waals surface area (Å²) in [5.41, 5.74) is 2.44. The predicted octanol–water partition coefficient (Wildman–Crippen LogP) is 4.61. The summed E-state index contributed by atoms with van der Waals surface area (Å²) in [6.07, 6.45) is 0.412. The van der Waals surface area contributed by atoms with Crippen LogP contribution in [0.3, 0.4) is 0 Å². The summed E-state index contributed by atoms with van der Waals surface area (Å²) < 4.78 is 5.09. The van der Waals surface area contributed by atoms with Crippen molar-refractivity contribution in [1.82, 2.24) is 0 Å².